The van der Waals surface area contributed by atoms with Gasteiger partial charge in [-0.2, -0.15) is 5.01 Å². The SMILES string of the molecule is Cc1ccc(N2[NH2+]N3C(=C2O)C=C([N+](=O)[O-])c2cccc(F)c23)cn1.[OH-]. The number of benzene rings is 1. The van der Waals surface area contributed by atoms with Crippen LogP contribution in [0.15, 0.2) is 54.2 Å². The summed E-state index contributed by atoms with van der Waals surface area (Å²) >= 11 is 0. The normalized spacial score (nSPS) is 15.2. The zero-order valence-electron chi connectivity index (χ0n) is 13.5. The Morgan fingerprint density at radius 2 is 2.04 bits per heavy atom. The number of halogens is 1. The fourth-order valence-electron chi connectivity index (χ4n) is 2.89. The first-order valence-corrected chi connectivity index (χ1v) is 7.41. The molecule has 0 spiro atoms. The predicted molar refractivity (Wildman–Crippen MR) is 88.8 cm³/mol. The minimum absolute atomic E-state index is 0. The van der Waals surface area contributed by atoms with Gasteiger partial charge in [0.05, 0.1) is 22.8 Å². The van der Waals surface area contributed by atoms with Crippen molar-refractivity contribution in [3.05, 3.63) is 81.4 Å². The first-order valence-electron chi connectivity index (χ1n) is 7.41. The number of nitrogens with zero attached hydrogens (tertiary/aromatic N) is 4. The standard InChI is InChI=1S/C16H12FN5O3.H2O/c1-9-5-6-10(8-18-9)20-16(23)14-7-13(22(24)25)11-3-2-4-12(17)15(11)21(14)19-20;/h2-8,19,23H,1H3;1H2. The summed E-state index contributed by atoms with van der Waals surface area (Å²) in [7, 11) is 0. The number of aliphatic hydroxyl groups excluding tert-OH is 1. The van der Waals surface area contributed by atoms with Crippen LogP contribution in [-0.4, -0.2) is 20.5 Å². The van der Waals surface area contributed by atoms with Gasteiger partial charge in [0.2, 0.25) is 0 Å². The summed E-state index contributed by atoms with van der Waals surface area (Å²) in [5, 5.41) is 24.7. The molecule has 26 heavy (non-hydrogen) atoms. The maximum atomic E-state index is 14.4. The first-order chi connectivity index (χ1) is 12.0. The highest BCUT2D eigenvalue weighted by Gasteiger charge is 2.43. The number of pyridine rings is 1. The molecule has 0 saturated heterocycles. The lowest BCUT2D eigenvalue weighted by Gasteiger charge is -2.23. The second-order valence-electron chi connectivity index (χ2n) is 5.64. The molecule has 1 aromatic heterocycles. The lowest BCUT2D eigenvalue weighted by Crippen LogP contribution is -2.99. The van der Waals surface area contributed by atoms with Gasteiger partial charge in [-0.15, -0.1) is 10.5 Å². The number of nitrogens with two attached hydrogens (primary N) is 1. The van der Waals surface area contributed by atoms with Crippen LogP contribution in [0.3, 0.4) is 0 Å². The number of hydrogen-bond donors (Lipinski definition) is 2. The summed E-state index contributed by atoms with van der Waals surface area (Å²) in [6.45, 7) is 1.83. The number of aliphatic hydroxyl groups is 1. The van der Waals surface area contributed by atoms with Crippen LogP contribution in [0.4, 0.5) is 15.8 Å². The van der Waals surface area contributed by atoms with Crippen LogP contribution in [0.2, 0.25) is 0 Å². The van der Waals surface area contributed by atoms with Crippen LogP contribution in [0, 0.1) is 22.9 Å². The van der Waals surface area contributed by atoms with Crippen molar-refractivity contribution in [3.8, 4) is 0 Å². The van der Waals surface area contributed by atoms with E-state index in [0.29, 0.717) is 5.69 Å². The fraction of sp³-hybridized carbons (Fsp3) is 0.0625. The van der Waals surface area contributed by atoms with Crippen molar-refractivity contribution in [2.45, 2.75) is 6.92 Å². The Morgan fingerprint density at radius 1 is 1.27 bits per heavy atom. The number of allylic oxidation sites excluding steroid dienone is 1. The van der Waals surface area contributed by atoms with Crippen molar-refractivity contribution in [2.24, 2.45) is 0 Å². The second kappa shape index (κ2) is 6.10. The molecule has 2 aromatic rings. The average molecular weight is 359 g/mol. The highest BCUT2D eigenvalue weighted by Crippen LogP contribution is 2.38. The number of aromatic nitrogens is 1. The number of hydrogen-bond acceptors (Lipinski definition) is 7. The molecule has 2 aliphatic rings. The maximum Gasteiger partial charge on any atom is 0.281 e. The van der Waals surface area contributed by atoms with E-state index in [1.54, 1.807) is 18.3 Å². The minimum Gasteiger partial charge on any atom is -0.870 e. The highest BCUT2D eigenvalue weighted by atomic mass is 19.1. The molecule has 0 fully saturated rings. The van der Waals surface area contributed by atoms with E-state index in [1.165, 1.54) is 39.8 Å². The molecule has 0 radical (unpaired) electrons. The number of rotatable bonds is 2. The van der Waals surface area contributed by atoms with Gasteiger partial charge < -0.3 is 10.6 Å². The van der Waals surface area contributed by atoms with Crippen molar-refractivity contribution in [2.75, 3.05) is 10.0 Å². The van der Waals surface area contributed by atoms with Gasteiger partial charge in [-0.3, -0.25) is 15.1 Å². The van der Waals surface area contributed by atoms with E-state index in [-0.39, 0.29) is 34.0 Å². The van der Waals surface area contributed by atoms with E-state index in [4.69, 9.17) is 0 Å². The zero-order valence-corrected chi connectivity index (χ0v) is 13.5. The van der Waals surface area contributed by atoms with Gasteiger partial charge in [-0.05, 0) is 31.2 Å². The fourth-order valence-corrected chi connectivity index (χ4v) is 2.89. The summed E-state index contributed by atoms with van der Waals surface area (Å²) in [5.74, 6) is -0.853. The summed E-state index contributed by atoms with van der Waals surface area (Å²) in [6, 6.07) is 7.63. The molecule has 9 nitrogen and oxygen atoms in total. The lowest BCUT2D eigenvalue weighted by molar-refractivity contribution is -0.661. The van der Waals surface area contributed by atoms with Crippen LogP contribution < -0.4 is 15.6 Å². The van der Waals surface area contributed by atoms with Crippen molar-refractivity contribution in [1.29, 1.82) is 0 Å². The van der Waals surface area contributed by atoms with Gasteiger partial charge in [-0.25, -0.2) is 4.39 Å². The largest absolute Gasteiger partial charge is 0.870 e. The Balaban J connectivity index is 0.00000196. The van der Waals surface area contributed by atoms with E-state index in [1.807, 2.05) is 6.92 Å². The molecular formula is C16H14FN5O4. The maximum absolute atomic E-state index is 14.4. The summed E-state index contributed by atoms with van der Waals surface area (Å²) in [5.41, 5.74) is 2.88. The third-order valence-electron chi connectivity index (χ3n) is 4.10. The summed E-state index contributed by atoms with van der Waals surface area (Å²) in [4.78, 5) is 14.9. The first kappa shape index (κ1) is 17.3. The van der Waals surface area contributed by atoms with Gasteiger partial charge in [0.15, 0.2) is 11.5 Å². The van der Waals surface area contributed by atoms with Crippen molar-refractivity contribution >= 4 is 17.1 Å². The van der Waals surface area contributed by atoms with Crippen LogP contribution in [0.25, 0.3) is 5.70 Å². The van der Waals surface area contributed by atoms with Crippen LogP contribution in [0.1, 0.15) is 11.3 Å². The summed E-state index contributed by atoms with van der Waals surface area (Å²) < 4.78 is 14.4. The van der Waals surface area contributed by atoms with Gasteiger partial charge in [0, 0.05) is 5.69 Å². The van der Waals surface area contributed by atoms with Crippen LogP contribution >= 0.6 is 0 Å². The number of aryl methyl sites for hydroxylation is 1. The Bertz CT molecular complexity index is 958. The Hall–Kier alpha value is -3.50. The molecule has 0 aliphatic carbocycles. The Kier molecular flexibility index (Phi) is 4.06. The monoisotopic (exact) mass is 359 g/mol. The molecule has 0 amide bonds. The van der Waals surface area contributed by atoms with Crippen molar-refractivity contribution in [1.82, 2.24) is 4.98 Å². The van der Waals surface area contributed by atoms with E-state index < -0.39 is 10.7 Å². The Labute approximate surface area is 146 Å². The molecule has 3 heterocycles. The summed E-state index contributed by atoms with van der Waals surface area (Å²) in [6.07, 6.45) is 2.79. The number of para-hydroxylation sites is 1. The molecule has 134 valence electrons. The molecule has 0 unspecified atom stereocenters. The molecule has 0 bridgehead atoms. The van der Waals surface area contributed by atoms with Gasteiger partial charge in [0.1, 0.15) is 11.4 Å². The molecule has 10 heteroatoms. The third kappa shape index (κ3) is 2.44. The van der Waals surface area contributed by atoms with Gasteiger partial charge >= 0.3 is 0 Å². The molecule has 4 rings (SSSR count). The number of nitro groups is 1. The van der Waals surface area contributed by atoms with Gasteiger partial charge in [-0.1, -0.05) is 6.07 Å². The van der Waals surface area contributed by atoms with Gasteiger partial charge in [0.25, 0.3) is 11.6 Å². The number of quaternary nitrogens is 1. The minimum atomic E-state index is -0.615. The molecule has 0 atom stereocenters. The molecule has 1 aromatic carbocycles. The average Bonchev–Trinajstić information content (AvgIpc) is 2.91. The quantitative estimate of drug-likeness (QED) is 0.471. The van der Waals surface area contributed by atoms with E-state index in [9.17, 15) is 19.6 Å². The predicted octanol–water partition coefficient (Wildman–Crippen LogP) is 1.43. The molecule has 4 N–H and O–H groups in total. The van der Waals surface area contributed by atoms with Crippen molar-refractivity contribution < 1.29 is 25.4 Å². The molecular weight excluding hydrogens is 345 g/mol. The zero-order chi connectivity index (χ0) is 17.7. The second-order valence-corrected chi connectivity index (χ2v) is 5.64. The van der Waals surface area contributed by atoms with E-state index in [2.05, 4.69) is 4.98 Å². The van der Waals surface area contributed by atoms with E-state index in [0.717, 1.165) is 5.69 Å². The third-order valence-corrected chi connectivity index (χ3v) is 4.10. The Morgan fingerprint density at radius 3 is 2.69 bits per heavy atom. The van der Waals surface area contributed by atoms with E-state index >= 15 is 0 Å². The topological polar surface area (TPSA) is 129 Å². The number of fused-ring (bicyclic) bond motifs is 3. The molecule has 2 aliphatic heterocycles. The highest BCUT2D eigenvalue weighted by molar-refractivity contribution is 5.81. The smallest absolute Gasteiger partial charge is 0.281 e. The van der Waals surface area contributed by atoms with Crippen molar-refractivity contribution in [3.63, 3.8) is 0 Å². The van der Waals surface area contributed by atoms with Crippen LogP contribution in [-0.2, 0) is 0 Å². The van der Waals surface area contributed by atoms with Crippen LogP contribution in [0.5, 0.6) is 0 Å². The molecule has 0 saturated carbocycles. The lowest BCUT2D eigenvalue weighted by atomic mass is 10.0. The number of anilines is 2.